The molecule has 7 heteroatoms. The molecule has 4 nitrogen and oxygen atoms in total. The smallest absolute Gasteiger partial charge is 0.508 e. The molecule has 0 aliphatic carbocycles. The molecule has 1 aliphatic heterocycles. The molecule has 0 unspecified atom stereocenters. The average Bonchev–Trinajstić information content (AvgIpc) is 2.43. The largest absolute Gasteiger partial charge is 0.573 e. The highest BCUT2D eigenvalue weighted by molar-refractivity contribution is 5.41. The van der Waals surface area contributed by atoms with Crippen LogP contribution < -0.4 is 10.1 Å². The van der Waals surface area contributed by atoms with Crippen LogP contribution in [0.2, 0.25) is 0 Å². The zero-order valence-electron chi connectivity index (χ0n) is 11.8. The Morgan fingerprint density at radius 3 is 2.57 bits per heavy atom. The Morgan fingerprint density at radius 1 is 1.33 bits per heavy atom. The molecule has 21 heavy (non-hydrogen) atoms. The number of hydrogen-bond donors (Lipinski definition) is 2. The number of piperazine rings is 1. The first-order valence-electron chi connectivity index (χ1n) is 6.94. The molecule has 2 rings (SSSR count). The van der Waals surface area contributed by atoms with Gasteiger partial charge in [0.25, 0.3) is 0 Å². The molecule has 118 valence electrons. The van der Waals surface area contributed by atoms with Gasteiger partial charge in [-0.3, -0.25) is 4.90 Å². The van der Waals surface area contributed by atoms with Crippen molar-refractivity contribution in [1.82, 2.24) is 10.2 Å². The summed E-state index contributed by atoms with van der Waals surface area (Å²) in [5.41, 5.74) is 0.473. The lowest BCUT2D eigenvalue weighted by Crippen LogP contribution is -2.45. The highest BCUT2D eigenvalue weighted by Gasteiger charge is 2.32. The van der Waals surface area contributed by atoms with Crippen molar-refractivity contribution in [3.63, 3.8) is 0 Å². The van der Waals surface area contributed by atoms with Gasteiger partial charge < -0.3 is 15.2 Å². The van der Waals surface area contributed by atoms with E-state index in [0.717, 1.165) is 32.2 Å². The minimum atomic E-state index is -4.73. The maximum absolute atomic E-state index is 12.3. The van der Waals surface area contributed by atoms with Gasteiger partial charge in [-0.25, -0.2) is 0 Å². The Kier molecular flexibility index (Phi) is 4.95. The van der Waals surface area contributed by atoms with Crippen molar-refractivity contribution >= 4 is 0 Å². The number of rotatable bonds is 4. The first-order chi connectivity index (χ1) is 9.90. The second kappa shape index (κ2) is 6.53. The van der Waals surface area contributed by atoms with E-state index >= 15 is 0 Å². The number of alkyl halides is 3. The predicted molar refractivity (Wildman–Crippen MR) is 72.3 cm³/mol. The standard InChI is InChI=1S/C14H19F3N2O2/c1-2-12(19-7-5-18-6-8-19)11-9-10(3-4-13(11)20)21-14(15,16)17/h3-4,9,12,18,20H,2,5-8H2,1H3/t12-/m0/s1. The summed E-state index contributed by atoms with van der Waals surface area (Å²) < 4.78 is 40.9. The molecule has 0 radical (unpaired) electrons. The number of benzene rings is 1. The van der Waals surface area contributed by atoms with Crippen LogP contribution in [0, 0.1) is 0 Å². The van der Waals surface area contributed by atoms with E-state index in [0.29, 0.717) is 12.0 Å². The number of nitrogens with zero attached hydrogens (tertiary/aromatic N) is 1. The monoisotopic (exact) mass is 304 g/mol. The van der Waals surface area contributed by atoms with Crippen LogP contribution in [0.3, 0.4) is 0 Å². The minimum Gasteiger partial charge on any atom is -0.508 e. The van der Waals surface area contributed by atoms with Crippen LogP contribution in [0.1, 0.15) is 24.9 Å². The summed E-state index contributed by atoms with van der Waals surface area (Å²) in [6.45, 7) is 5.19. The number of nitrogens with one attached hydrogen (secondary N) is 1. The van der Waals surface area contributed by atoms with Gasteiger partial charge in [0.2, 0.25) is 0 Å². The van der Waals surface area contributed by atoms with E-state index in [1.54, 1.807) is 0 Å². The van der Waals surface area contributed by atoms with Gasteiger partial charge >= 0.3 is 6.36 Å². The lowest BCUT2D eigenvalue weighted by Gasteiger charge is -2.35. The molecule has 2 N–H and O–H groups in total. The molecule has 1 aromatic rings. The van der Waals surface area contributed by atoms with Gasteiger partial charge in [-0.1, -0.05) is 6.92 Å². The Morgan fingerprint density at radius 2 is 2.00 bits per heavy atom. The molecule has 0 spiro atoms. The van der Waals surface area contributed by atoms with Crippen molar-refractivity contribution < 1.29 is 23.0 Å². The molecule has 0 amide bonds. The molecule has 1 saturated heterocycles. The normalized spacial score (nSPS) is 18.5. The lowest BCUT2D eigenvalue weighted by atomic mass is 10.0. The number of halogens is 3. The van der Waals surface area contributed by atoms with Crippen molar-refractivity contribution in [1.29, 1.82) is 0 Å². The maximum Gasteiger partial charge on any atom is 0.573 e. The van der Waals surface area contributed by atoms with E-state index in [9.17, 15) is 18.3 Å². The molecule has 1 atom stereocenters. The molecule has 1 heterocycles. The first-order valence-corrected chi connectivity index (χ1v) is 6.94. The van der Waals surface area contributed by atoms with Crippen molar-refractivity contribution in [2.45, 2.75) is 25.7 Å². The SMILES string of the molecule is CC[C@@H](c1cc(OC(F)(F)F)ccc1O)N1CCNCC1. The number of hydrogen-bond acceptors (Lipinski definition) is 4. The Balaban J connectivity index is 2.24. The molecular formula is C14H19F3N2O2. The van der Waals surface area contributed by atoms with Crippen LogP contribution in [-0.2, 0) is 0 Å². The van der Waals surface area contributed by atoms with Gasteiger partial charge in [0.1, 0.15) is 11.5 Å². The molecule has 1 aliphatic rings. The van der Waals surface area contributed by atoms with Crippen LogP contribution in [0.25, 0.3) is 0 Å². The zero-order valence-corrected chi connectivity index (χ0v) is 11.8. The third kappa shape index (κ3) is 4.25. The van der Waals surface area contributed by atoms with Gasteiger partial charge in [0, 0.05) is 37.8 Å². The van der Waals surface area contributed by atoms with Crippen molar-refractivity contribution in [2.24, 2.45) is 0 Å². The highest BCUT2D eigenvalue weighted by Crippen LogP contribution is 2.35. The maximum atomic E-state index is 12.3. The molecule has 1 fully saturated rings. The summed E-state index contributed by atoms with van der Waals surface area (Å²) in [5, 5.41) is 13.2. The first kappa shape index (κ1) is 15.9. The number of aromatic hydroxyl groups is 1. The summed E-state index contributed by atoms with van der Waals surface area (Å²) in [4.78, 5) is 2.16. The van der Waals surface area contributed by atoms with Crippen molar-refractivity contribution in [3.8, 4) is 11.5 Å². The van der Waals surface area contributed by atoms with Gasteiger partial charge in [-0.2, -0.15) is 0 Å². The summed E-state index contributed by atoms with van der Waals surface area (Å²) in [6, 6.07) is 3.53. The third-order valence-electron chi connectivity index (χ3n) is 3.57. The van der Waals surface area contributed by atoms with Crippen molar-refractivity contribution in [3.05, 3.63) is 23.8 Å². The fourth-order valence-electron chi connectivity index (χ4n) is 2.67. The van der Waals surface area contributed by atoms with Crippen LogP contribution in [-0.4, -0.2) is 42.5 Å². The van der Waals surface area contributed by atoms with E-state index in [2.05, 4.69) is 15.0 Å². The Bertz CT molecular complexity index is 474. The van der Waals surface area contributed by atoms with Crippen molar-refractivity contribution in [2.75, 3.05) is 26.2 Å². The average molecular weight is 304 g/mol. The Labute approximate surface area is 121 Å². The van der Waals surface area contributed by atoms with Crippen LogP contribution >= 0.6 is 0 Å². The van der Waals surface area contributed by atoms with Gasteiger partial charge in [0.05, 0.1) is 0 Å². The second-order valence-corrected chi connectivity index (χ2v) is 4.98. The fraction of sp³-hybridized carbons (Fsp3) is 0.571. The minimum absolute atomic E-state index is 0.00472. The number of ether oxygens (including phenoxy) is 1. The van der Waals surface area contributed by atoms with E-state index in [1.807, 2.05) is 6.92 Å². The molecule has 0 aromatic heterocycles. The third-order valence-corrected chi connectivity index (χ3v) is 3.57. The topological polar surface area (TPSA) is 44.7 Å². The molecule has 0 saturated carbocycles. The summed E-state index contributed by atoms with van der Waals surface area (Å²) >= 11 is 0. The molecule has 0 bridgehead atoms. The van der Waals surface area contributed by atoms with Crippen LogP contribution in [0.15, 0.2) is 18.2 Å². The predicted octanol–water partition coefficient (Wildman–Crippen LogP) is 2.65. The van der Waals surface area contributed by atoms with Gasteiger partial charge in [-0.15, -0.1) is 13.2 Å². The quantitative estimate of drug-likeness (QED) is 0.897. The van der Waals surface area contributed by atoms with Crippen LogP contribution in [0.4, 0.5) is 13.2 Å². The van der Waals surface area contributed by atoms with E-state index in [-0.39, 0.29) is 17.5 Å². The second-order valence-electron chi connectivity index (χ2n) is 4.98. The number of phenolic OH excluding ortho intramolecular Hbond substituents is 1. The van der Waals surface area contributed by atoms with E-state index < -0.39 is 6.36 Å². The summed E-state index contributed by atoms with van der Waals surface area (Å²) in [7, 11) is 0. The van der Waals surface area contributed by atoms with Gasteiger partial charge in [-0.05, 0) is 24.6 Å². The van der Waals surface area contributed by atoms with Crippen LogP contribution in [0.5, 0.6) is 11.5 Å². The number of phenols is 1. The summed E-state index contributed by atoms with van der Waals surface area (Å²) in [5.74, 6) is -0.307. The Hall–Kier alpha value is -1.47. The molecular weight excluding hydrogens is 285 g/mol. The van der Waals surface area contributed by atoms with E-state index in [4.69, 9.17) is 0 Å². The summed E-state index contributed by atoms with van der Waals surface area (Å²) in [6.07, 6.45) is -4.03. The zero-order chi connectivity index (χ0) is 15.5. The molecule has 1 aromatic carbocycles. The lowest BCUT2D eigenvalue weighted by molar-refractivity contribution is -0.274. The van der Waals surface area contributed by atoms with E-state index in [1.165, 1.54) is 12.1 Å². The fourth-order valence-corrected chi connectivity index (χ4v) is 2.67. The van der Waals surface area contributed by atoms with Gasteiger partial charge in [0.15, 0.2) is 0 Å². The highest BCUT2D eigenvalue weighted by atomic mass is 19.4.